The SMILES string of the molecule is CCN(CC)c1ccc(/C=N/NC(=O)CN(C)CCCN(C)Cc2ccc(C(C)(C)C)cc2)c(O)c1. The Morgan fingerprint density at radius 3 is 2.22 bits per heavy atom. The molecule has 0 spiro atoms. The van der Waals surface area contributed by atoms with Crippen molar-refractivity contribution in [2.45, 2.75) is 53.0 Å². The standard InChI is InChI=1S/C29H45N5O2/c1-8-34(9-2)26-16-13-24(27(35)19-26)20-30-31-28(36)22-33(7)18-10-17-32(6)21-23-11-14-25(15-12-23)29(3,4)5/h11-16,19-20,35H,8-10,17-18,21-22H2,1-7H3,(H,31,36)/b30-20+. The first-order valence-electron chi connectivity index (χ1n) is 12.9. The number of hydrogen-bond acceptors (Lipinski definition) is 6. The van der Waals surface area contributed by atoms with Gasteiger partial charge in [-0.25, -0.2) is 5.43 Å². The predicted molar refractivity (Wildman–Crippen MR) is 151 cm³/mol. The second-order valence-corrected chi connectivity index (χ2v) is 10.5. The van der Waals surface area contributed by atoms with Crippen LogP contribution in [0.2, 0.25) is 0 Å². The largest absolute Gasteiger partial charge is 0.507 e. The Labute approximate surface area is 217 Å². The van der Waals surface area contributed by atoms with Gasteiger partial charge in [-0.1, -0.05) is 45.0 Å². The highest BCUT2D eigenvalue weighted by Gasteiger charge is 2.13. The zero-order valence-electron chi connectivity index (χ0n) is 23.2. The number of hydrazone groups is 1. The van der Waals surface area contributed by atoms with Crippen LogP contribution >= 0.6 is 0 Å². The van der Waals surface area contributed by atoms with Crippen LogP contribution in [0.25, 0.3) is 0 Å². The molecule has 36 heavy (non-hydrogen) atoms. The van der Waals surface area contributed by atoms with Crippen LogP contribution in [0.3, 0.4) is 0 Å². The van der Waals surface area contributed by atoms with Gasteiger partial charge in [0.1, 0.15) is 5.75 Å². The van der Waals surface area contributed by atoms with Gasteiger partial charge in [0.25, 0.3) is 5.91 Å². The summed E-state index contributed by atoms with van der Waals surface area (Å²) in [5.74, 6) is -0.0379. The summed E-state index contributed by atoms with van der Waals surface area (Å²) in [6.07, 6.45) is 2.44. The average Bonchev–Trinajstić information content (AvgIpc) is 2.81. The van der Waals surface area contributed by atoms with Crippen molar-refractivity contribution in [2.24, 2.45) is 5.10 Å². The molecule has 2 aromatic carbocycles. The molecule has 7 nitrogen and oxygen atoms in total. The molecular weight excluding hydrogens is 450 g/mol. The van der Waals surface area contributed by atoms with E-state index in [2.05, 4.69) is 86.3 Å². The Kier molecular flexibility index (Phi) is 11.4. The molecule has 0 atom stereocenters. The van der Waals surface area contributed by atoms with Crippen molar-refractivity contribution in [2.75, 3.05) is 51.7 Å². The number of nitrogens with one attached hydrogen (secondary N) is 1. The lowest BCUT2D eigenvalue weighted by atomic mass is 9.87. The van der Waals surface area contributed by atoms with Crippen molar-refractivity contribution in [3.8, 4) is 5.75 Å². The van der Waals surface area contributed by atoms with Crippen molar-refractivity contribution < 1.29 is 9.90 Å². The van der Waals surface area contributed by atoms with E-state index in [-0.39, 0.29) is 23.6 Å². The third-order valence-electron chi connectivity index (χ3n) is 6.30. The lowest BCUT2D eigenvalue weighted by Crippen LogP contribution is -2.34. The van der Waals surface area contributed by atoms with Crippen LogP contribution < -0.4 is 10.3 Å². The first-order chi connectivity index (χ1) is 17.0. The molecule has 1 amide bonds. The monoisotopic (exact) mass is 495 g/mol. The third-order valence-corrected chi connectivity index (χ3v) is 6.30. The van der Waals surface area contributed by atoms with Gasteiger partial charge in [0, 0.05) is 37.0 Å². The predicted octanol–water partition coefficient (Wildman–Crippen LogP) is 4.44. The Morgan fingerprint density at radius 1 is 1.00 bits per heavy atom. The number of phenols is 1. The molecule has 2 aromatic rings. The lowest BCUT2D eigenvalue weighted by molar-refractivity contribution is -0.121. The second-order valence-electron chi connectivity index (χ2n) is 10.5. The highest BCUT2D eigenvalue weighted by Crippen LogP contribution is 2.24. The molecule has 7 heteroatoms. The number of benzene rings is 2. The smallest absolute Gasteiger partial charge is 0.254 e. The molecule has 2 N–H and O–H groups in total. The highest BCUT2D eigenvalue weighted by molar-refractivity contribution is 5.86. The van der Waals surface area contributed by atoms with Gasteiger partial charge in [0.2, 0.25) is 0 Å². The lowest BCUT2D eigenvalue weighted by Gasteiger charge is -2.21. The highest BCUT2D eigenvalue weighted by atomic mass is 16.3. The van der Waals surface area contributed by atoms with E-state index in [1.807, 2.05) is 18.0 Å². The summed E-state index contributed by atoms with van der Waals surface area (Å²) in [5, 5.41) is 14.3. The number of likely N-dealkylation sites (N-methyl/N-ethyl adjacent to an activating group) is 1. The Bertz CT molecular complexity index is 978. The minimum absolute atomic E-state index is 0.142. The molecule has 0 aliphatic heterocycles. The Balaban J connectivity index is 1.70. The number of rotatable bonds is 13. The fraction of sp³-hybridized carbons (Fsp3) is 0.517. The number of carbonyl (C=O) groups is 1. The third kappa shape index (κ3) is 9.63. The van der Waals surface area contributed by atoms with E-state index in [4.69, 9.17) is 0 Å². The number of amides is 1. The summed E-state index contributed by atoms with van der Waals surface area (Å²) in [6, 6.07) is 14.4. The van der Waals surface area contributed by atoms with Crippen molar-refractivity contribution in [3.63, 3.8) is 0 Å². The number of aromatic hydroxyl groups is 1. The van der Waals surface area contributed by atoms with Crippen LogP contribution in [0.1, 0.15) is 57.7 Å². The van der Waals surface area contributed by atoms with Gasteiger partial charge in [-0.3, -0.25) is 9.69 Å². The van der Waals surface area contributed by atoms with E-state index in [1.54, 1.807) is 12.1 Å². The maximum atomic E-state index is 12.2. The molecule has 0 aromatic heterocycles. The Morgan fingerprint density at radius 2 is 1.64 bits per heavy atom. The molecule has 0 fully saturated rings. The molecule has 198 valence electrons. The molecule has 0 saturated carbocycles. The van der Waals surface area contributed by atoms with E-state index in [0.717, 1.165) is 44.8 Å². The molecule has 0 unspecified atom stereocenters. The summed E-state index contributed by atoms with van der Waals surface area (Å²) in [6.45, 7) is 15.5. The van der Waals surface area contributed by atoms with E-state index >= 15 is 0 Å². The maximum absolute atomic E-state index is 12.2. The quantitative estimate of drug-likeness (QED) is 0.318. The summed E-state index contributed by atoms with van der Waals surface area (Å²) < 4.78 is 0. The molecule has 2 rings (SSSR count). The van der Waals surface area contributed by atoms with Gasteiger partial charge >= 0.3 is 0 Å². The van der Waals surface area contributed by atoms with Gasteiger partial charge in [0.15, 0.2) is 0 Å². The molecule has 0 radical (unpaired) electrons. The molecule has 0 aliphatic rings. The minimum atomic E-state index is -0.180. The van der Waals surface area contributed by atoms with Gasteiger partial charge in [-0.2, -0.15) is 5.10 Å². The van der Waals surface area contributed by atoms with Gasteiger partial charge in [-0.15, -0.1) is 0 Å². The van der Waals surface area contributed by atoms with Crippen molar-refractivity contribution in [1.82, 2.24) is 15.2 Å². The number of nitrogens with zero attached hydrogens (tertiary/aromatic N) is 4. The molecule has 0 bridgehead atoms. The van der Waals surface area contributed by atoms with E-state index < -0.39 is 0 Å². The Hall–Kier alpha value is -2.90. The number of hydrogen-bond donors (Lipinski definition) is 2. The molecular formula is C29H45N5O2. The number of phenolic OH excluding ortho intramolecular Hbond substituents is 1. The summed E-state index contributed by atoms with van der Waals surface area (Å²) >= 11 is 0. The van der Waals surface area contributed by atoms with Gasteiger partial charge in [-0.05, 0) is 76.1 Å². The molecule has 0 aliphatic carbocycles. The first-order valence-corrected chi connectivity index (χ1v) is 12.9. The normalized spacial score (nSPS) is 12.0. The van der Waals surface area contributed by atoms with Crippen molar-refractivity contribution in [1.29, 1.82) is 0 Å². The number of carbonyl (C=O) groups excluding carboxylic acids is 1. The maximum Gasteiger partial charge on any atom is 0.254 e. The van der Waals surface area contributed by atoms with E-state index in [9.17, 15) is 9.90 Å². The number of anilines is 1. The average molecular weight is 496 g/mol. The van der Waals surface area contributed by atoms with Crippen LogP contribution in [-0.2, 0) is 16.8 Å². The van der Waals surface area contributed by atoms with E-state index in [0.29, 0.717) is 5.56 Å². The van der Waals surface area contributed by atoms with Crippen LogP contribution in [0.4, 0.5) is 5.69 Å². The topological polar surface area (TPSA) is 71.4 Å². The fourth-order valence-corrected chi connectivity index (χ4v) is 4.07. The summed E-state index contributed by atoms with van der Waals surface area (Å²) in [5.41, 5.74) is 6.91. The zero-order chi connectivity index (χ0) is 26.7. The first kappa shape index (κ1) is 29.3. The van der Waals surface area contributed by atoms with Crippen LogP contribution in [0.5, 0.6) is 5.75 Å². The molecule has 0 heterocycles. The fourth-order valence-electron chi connectivity index (χ4n) is 4.07. The summed E-state index contributed by atoms with van der Waals surface area (Å²) in [4.78, 5) is 18.7. The van der Waals surface area contributed by atoms with E-state index in [1.165, 1.54) is 17.3 Å². The zero-order valence-corrected chi connectivity index (χ0v) is 23.2. The molecule has 0 saturated heterocycles. The van der Waals surface area contributed by atoms with Crippen LogP contribution in [-0.4, -0.2) is 73.8 Å². The van der Waals surface area contributed by atoms with Crippen molar-refractivity contribution >= 4 is 17.8 Å². The second kappa shape index (κ2) is 14.0. The van der Waals surface area contributed by atoms with Gasteiger partial charge < -0.3 is 14.9 Å². The van der Waals surface area contributed by atoms with Crippen molar-refractivity contribution in [3.05, 3.63) is 59.2 Å². The summed E-state index contributed by atoms with van der Waals surface area (Å²) in [7, 11) is 4.06. The minimum Gasteiger partial charge on any atom is -0.507 e. The van der Waals surface area contributed by atoms with Crippen LogP contribution in [0, 0.1) is 0 Å². The van der Waals surface area contributed by atoms with Crippen LogP contribution in [0.15, 0.2) is 47.6 Å². The van der Waals surface area contributed by atoms with Gasteiger partial charge in [0.05, 0.1) is 12.8 Å².